The first-order valence-electron chi connectivity index (χ1n) is 10.1. The number of hydrogen-bond acceptors (Lipinski definition) is 4. The Balaban J connectivity index is 1.59. The van der Waals surface area contributed by atoms with Crippen LogP contribution >= 0.6 is 0 Å². The van der Waals surface area contributed by atoms with Crippen LogP contribution in [0, 0.1) is 25.2 Å². The van der Waals surface area contributed by atoms with Crippen molar-refractivity contribution in [1.82, 2.24) is 14.7 Å². The maximum Gasteiger partial charge on any atom is 0.313 e. The molecule has 6 heteroatoms. The molecule has 0 unspecified atom stereocenters. The molecule has 6 nitrogen and oxygen atoms in total. The summed E-state index contributed by atoms with van der Waals surface area (Å²) in [5, 5.41) is 25.2. The summed E-state index contributed by atoms with van der Waals surface area (Å²) in [7, 11) is 0. The number of benzene rings is 1. The highest BCUT2D eigenvalue weighted by Crippen LogP contribution is 2.45. The third-order valence-electron chi connectivity index (χ3n) is 6.26. The molecule has 2 heterocycles. The van der Waals surface area contributed by atoms with Crippen LogP contribution in [0.5, 0.6) is 0 Å². The second kappa shape index (κ2) is 7.33. The smallest absolute Gasteiger partial charge is 0.313 e. The summed E-state index contributed by atoms with van der Waals surface area (Å²) >= 11 is 0. The molecule has 0 amide bonds. The lowest BCUT2D eigenvalue weighted by atomic mass is 9.73. The SMILES string of the molecule is Cc1cc(C)n(-c2ccccc2CN2CC[C@H](O)[C@](CC3CC3)(C(=O)O)C2)n1. The van der Waals surface area contributed by atoms with Gasteiger partial charge in [0.05, 0.1) is 17.5 Å². The normalized spacial score (nSPS) is 25.8. The van der Waals surface area contributed by atoms with Gasteiger partial charge in [-0.25, -0.2) is 4.68 Å². The van der Waals surface area contributed by atoms with E-state index in [1.165, 1.54) is 0 Å². The number of aliphatic hydroxyl groups is 1. The highest BCUT2D eigenvalue weighted by molar-refractivity contribution is 5.76. The number of carbonyl (C=O) groups is 1. The number of aromatic nitrogens is 2. The van der Waals surface area contributed by atoms with Crippen molar-refractivity contribution in [2.45, 2.75) is 52.2 Å². The summed E-state index contributed by atoms with van der Waals surface area (Å²) < 4.78 is 1.96. The fourth-order valence-electron chi connectivity index (χ4n) is 4.60. The van der Waals surface area contributed by atoms with E-state index >= 15 is 0 Å². The molecular formula is C22H29N3O3. The molecule has 1 aliphatic carbocycles. The third-order valence-corrected chi connectivity index (χ3v) is 6.26. The summed E-state index contributed by atoms with van der Waals surface area (Å²) in [6.45, 7) is 5.77. The lowest BCUT2D eigenvalue weighted by Crippen LogP contribution is -2.56. The zero-order valence-electron chi connectivity index (χ0n) is 16.6. The monoisotopic (exact) mass is 383 g/mol. The molecule has 2 atom stereocenters. The number of para-hydroxylation sites is 1. The van der Waals surface area contributed by atoms with Gasteiger partial charge in [-0.3, -0.25) is 9.69 Å². The molecule has 1 aliphatic heterocycles. The van der Waals surface area contributed by atoms with Crippen molar-refractivity contribution < 1.29 is 15.0 Å². The molecule has 4 rings (SSSR count). The predicted molar refractivity (Wildman–Crippen MR) is 106 cm³/mol. The zero-order valence-corrected chi connectivity index (χ0v) is 16.6. The molecule has 1 aromatic carbocycles. The zero-order chi connectivity index (χ0) is 19.9. The number of aliphatic hydroxyl groups excluding tert-OH is 1. The van der Waals surface area contributed by atoms with Crippen LogP contribution < -0.4 is 0 Å². The van der Waals surface area contributed by atoms with Gasteiger partial charge in [-0.05, 0) is 50.3 Å². The molecule has 2 aliphatic rings. The van der Waals surface area contributed by atoms with E-state index in [4.69, 9.17) is 0 Å². The fourth-order valence-corrected chi connectivity index (χ4v) is 4.60. The van der Waals surface area contributed by atoms with Crippen molar-refractivity contribution in [2.75, 3.05) is 13.1 Å². The number of hydrogen-bond donors (Lipinski definition) is 2. The minimum Gasteiger partial charge on any atom is -0.481 e. The van der Waals surface area contributed by atoms with Gasteiger partial charge in [-0.15, -0.1) is 0 Å². The predicted octanol–water partition coefficient (Wildman–Crippen LogP) is 2.93. The molecule has 1 saturated carbocycles. The van der Waals surface area contributed by atoms with E-state index in [1.807, 2.05) is 30.7 Å². The maximum absolute atomic E-state index is 12.2. The Labute approximate surface area is 165 Å². The molecular weight excluding hydrogens is 354 g/mol. The molecule has 1 saturated heterocycles. The molecule has 2 N–H and O–H groups in total. The van der Waals surface area contributed by atoms with Crippen LogP contribution in [-0.4, -0.2) is 50.1 Å². The van der Waals surface area contributed by atoms with Crippen molar-refractivity contribution in [3.63, 3.8) is 0 Å². The Morgan fingerprint density at radius 2 is 2.00 bits per heavy atom. The van der Waals surface area contributed by atoms with Crippen LogP contribution in [-0.2, 0) is 11.3 Å². The molecule has 150 valence electrons. The minimum atomic E-state index is -1.05. The van der Waals surface area contributed by atoms with Gasteiger partial charge >= 0.3 is 5.97 Å². The maximum atomic E-state index is 12.2. The number of aliphatic carboxylic acids is 1. The van der Waals surface area contributed by atoms with Crippen molar-refractivity contribution in [2.24, 2.45) is 11.3 Å². The van der Waals surface area contributed by atoms with Crippen LogP contribution in [0.3, 0.4) is 0 Å². The van der Waals surface area contributed by atoms with Crippen LogP contribution in [0.1, 0.15) is 42.6 Å². The van der Waals surface area contributed by atoms with Gasteiger partial charge in [0.1, 0.15) is 5.41 Å². The van der Waals surface area contributed by atoms with Gasteiger partial charge in [-0.1, -0.05) is 31.0 Å². The number of carboxylic acid groups (broad SMARTS) is 1. The lowest BCUT2D eigenvalue weighted by molar-refractivity contribution is -0.165. The standard InChI is InChI=1S/C22H29N3O3/c1-15-11-16(2)25(23-15)19-6-4-3-5-18(19)13-24-10-9-20(26)22(14-24,21(27)28)12-17-7-8-17/h3-6,11,17,20,26H,7-10,12-14H2,1-2H3,(H,27,28)/t20-,22+/m0/s1. The minimum absolute atomic E-state index is 0.394. The molecule has 28 heavy (non-hydrogen) atoms. The van der Waals surface area contributed by atoms with Crippen molar-refractivity contribution >= 4 is 5.97 Å². The summed E-state index contributed by atoms with van der Waals surface area (Å²) in [4.78, 5) is 14.4. The Morgan fingerprint density at radius 1 is 1.25 bits per heavy atom. The molecule has 2 fully saturated rings. The first-order chi connectivity index (χ1) is 13.4. The number of nitrogens with zero attached hydrogens (tertiary/aromatic N) is 3. The summed E-state index contributed by atoms with van der Waals surface area (Å²) in [6, 6.07) is 10.2. The Hall–Kier alpha value is -2.18. The number of piperidine rings is 1. The topological polar surface area (TPSA) is 78.6 Å². The number of likely N-dealkylation sites (tertiary alicyclic amines) is 1. The van der Waals surface area contributed by atoms with Gasteiger partial charge in [0.15, 0.2) is 0 Å². The van der Waals surface area contributed by atoms with Crippen LogP contribution in [0.15, 0.2) is 30.3 Å². The molecule has 2 aromatic rings. The summed E-state index contributed by atoms with van der Waals surface area (Å²) in [5.74, 6) is -0.406. The highest BCUT2D eigenvalue weighted by atomic mass is 16.4. The highest BCUT2D eigenvalue weighted by Gasteiger charge is 2.51. The summed E-state index contributed by atoms with van der Waals surface area (Å²) in [5.41, 5.74) is 3.15. The number of carboxylic acids is 1. The van der Waals surface area contributed by atoms with E-state index in [-0.39, 0.29) is 0 Å². The second-order valence-electron chi connectivity index (χ2n) is 8.59. The Bertz CT molecular complexity index is 874. The Morgan fingerprint density at radius 3 is 2.64 bits per heavy atom. The van der Waals surface area contributed by atoms with Crippen molar-refractivity contribution in [3.8, 4) is 5.69 Å². The van der Waals surface area contributed by atoms with Gasteiger partial charge in [0, 0.05) is 25.3 Å². The van der Waals surface area contributed by atoms with Gasteiger partial charge in [0.25, 0.3) is 0 Å². The van der Waals surface area contributed by atoms with Gasteiger partial charge in [0.2, 0.25) is 0 Å². The quantitative estimate of drug-likeness (QED) is 0.802. The average molecular weight is 383 g/mol. The number of rotatable bonds is 6. The Kier molecular flexibility index (Phi) is 5.02. The van der Waals surface area contributed by atoms with Gasteiger partial charge in [-0.2, -0.15) is 5.10 Å². The molecule has 0 spiro atoms. The van der Waals surface area contributed by atoms with E-state index in [2.05, 4.69) is 28.2 Å². The average Bonchev–Trinajstić information content (AvgIpc) is 3.40. The van der Waals surface area contributed by atoms with E-state index in [0.29, 0.717) is 38.4 Å². The van der Waals surface area contributed by atoms with Crippen LogP contribution in [0.25, 0.3) is 5.69 Å². The summed E-state index contributed by atoms with van der Waals surface area (Å²) in [6.07, 6.45) is 2.48. The van der Waals surface area contributed by atoms with E-state index in [0.717, 1.165) is 35.5 Å². The lowest BCUT2D eigenvalue weighted by Gasteiger charge is -2.43. The van der Waals surface area contributed by atoms with Crippen LogP contribution in [0.4, 0.5) is 0 Å². The molecule has 0 bridgehead atoms. The van der Waals surface area contributed by atoms with E-state index in [9.17, 15) is 15.0 Å². The molecule has 1 aromatic heterocycles. The second-order valence-corrected chi connectivity index (χ2v) is 8.59. The van der Waals surface area contributed by atoms with Crippen LogP contribution in [0.2, 0.25) is 0 Å². The first-order valence-corrected chi connectivity index (χ1v) is 10.1. The van der Waals surface area contributed by atoms with E-state index in [1.54, 1.807) is 0 Å². The third kappa shape index (κ3) is 3.59. The van der Waals surface area contributed by atoms with Crippen molar-refractivity contribution in [3.05, 3.63) is 47.3 Å². The first kappa shape index (κ1) is 19.2. The van der Waals surface area contributed by atoms with Crippen molar-refractivity contribution in [1.29, 1.82) is 0 Å². The van der Waals surface area contributed by atoms with E-state index < -0.39 is 17.5 Å². The van der Waals surface area contributed by atoms with Gasteiger partial charge < -0.3 is 10.2 Å². The fraction of sp³-hybridized carbons (Fsp3) is 0.545. The number of aryl methyl sites for hydroxylation is 2. The largest absolute Gasteiger partial charge is 0.481 e. The molecule has 0 radical (unpaired) electrons.